The van der Waals surface area contributed by atoms with E-state index in [1.165, 1.54) is 41.5 Å². The minimum absolute atomic E-state index is 0.131. The first kappa shape index (κ1) is 24.5. The van der Waals surface area contributed by atoms with Gasteiger partial charge in [0, 0.05) is 0 Å². The van der Waals surface area contributed by atoms with Crippen LogP contribution in [0.2, 0.25) is 0 Å². The van der Waals surface area contributed by atoms with Crippen LogP contribution in [0.5, 0.6) is 0 Å². The molecule has 1 saturated carbocycles. The molecule has 1 aliphatic carbocycles. The highest BCUT2D eigenvalue weighted by molar-refractivity contribution is 5.74. The van der Waals surface area contributed by atoms with Gasteiger partial charge in [0.25, 0.3) is 0 Å². The van der Waals surface area contributed by atoms with Crippen LogP contribution in [0.4, 0.5) is 4.39 Å². The number of halogens is 1. The van der Waals surface area contributed by atoms with E-state index >= 15 is 0 Å². The van der Waals surface area contributed by atoms with Crippen LogP contribution >= 0.6 is 0 Å². The molecule has 3 heteroatoms. The zero-order chi connectivity index (χ0) is 22.8. The van der Waals surface area contributed by atoms with Crippen molar-refractivity contribution in [3.63, 3.8) is 0 Å². The van der Waals surface area contributed by atoms with Gasteiger partial charge in [-0.2, -0.15) is 0 Å². The molecule has 1 atom stereocenters. The Morgan fingerprint density at radius 1 is 0.875 bits per heavy atom. The summed E-state index contributed by atoms with van der Waals surface area (Å²) in [7, 11) is 0. The number of aryl methyl sites for hydroxylation is 1. The molecular weight excluding hydrogens is 399 g/mol. The molecule has 3 rings (SSSR count). The lowest BCUT2D eigenvalue weighted by Crippen LogP contribution is -2.28. The zero-order valence-electron chi connectivity index (χ0n) is 19.8. The van der Waals surface area contributed by atoms with Crippen molar-refractivity contribution in [3.05, 3.63) is 59.7 Å². The highest BCUT2D eigenvalue weighted by Crippen LogP contribution is 2.35. The lowest BCUT2D eigenvalue weighted by molar-refractivity contribution is -0.157. The van der Waals surface area contributed by atoms with Crippen molar-refractivity contribution in [2.24, 2.45) is 0 Å². The summed E-state index contributed by atoms with van der Waals surface area (Å²) in [6, 6.07) is 17.9. The van der Waals surface area contributed by atoms with Crippen LogP contribution < -0.4 is 0 Å². The number of alkyl halides is 1. The van der Waals surface area contributed by atoms with E-state index in [0.29, 0.717) is 5.92 Å². The van der Waals surface area contributed by atoms with Crippen molar-refractivity contribution in [2.45, 2.75) is 103 Å². The van der Waals surface area contributed by atoms with E-state index in [1.807, 2.05) is 6.92 Å². The summed E-state index contributed by atoms with van der Waals surface area (Å²) in [5.41, 5.74) is 5.27. The van der Waals surface area contributed by atoms with E-state index in [4.69, 9.17) is 4.74 Å². The third kappa shape index (κ3) is 7.18. The Bertz CT molecular complexity index is 804. The quantitative estimate of drug-likeness (QED) is 0.261. The van der Waals surface area contributed by atoms with Crippen molar-refractivity contribution in [1.82, 2.24) is 0 Å². The Morgan fingerprint density at radius 2 is 1.47 bits per heavy atom. The molecule has 2 aromatic rings. The molecule has 0 bridgehead atoms. The summed E-state index contributed by atoms with van der Waals surface area (Å²) in [5.74, 6) is -0.177. The van der Waals surface area contributed by atoms with Gasteiger partial charge >= 0.3 is 5.97 Å². The molecule has 32 heavy (non-hydrogen) atoms. The molecule has 2 aromatic carbocycles. The molecule has 0 unspecified atom stereocenters. The number of rotatable bonds is 11. The van der Waals surface area contributed by atoms with Crippen LogP contribution in [0.1, 0.15) is 95.1 Å². The van der Waals surface area contributed by atoms with E-state index < -0.39 is 12.1 Å². The maximum absolute atomic E-state index is 13.9. The monoisotopic (exact) mass is 438 g/mol. The topological polar surface area (TPSA) is 26.3 Å². The smallest absolute Gasteiger partial charge is 0.340 e. The number of carbonyl (C=O) groups is 1. The molecule has 0 spiro atoms. The Labute approximate surface area is 193 Å². The number of benzene rings is 2. The summed E-state index contributed by atoms with van der Waals surface area (Å²) in [4.78, 5) is 11.9. The number of ether oxygens (including phenoxy) is 1. The van der Waals surface area contributed by atoms with Crippen LogP contribution in [-0.4, -0.2) is 18.2 Å². The average Bonchev–Trinajstić information content (AvgIpc) is 2.84. The third-order valence-corrected chi connectivity index (χ3v) is 6.76. The van der Waals surface area contributed by atoms with Crippen molar-refractivity contribution in [1.29, 1.82) is 0 Å². The van der Waals surface area contributed by atoms with Gasteiger partial charge in [0.1, 0.15) is 6.10 Å². The van der Waals surface area contributed by atoms with Crippen LogP contribution in [0.25, 0.3) is 11.1 Å². The number of hydrogen-bond acceptors (Lipinski definition) is 2. The maximum atomic E-state index is 13.9. The highest BCUT2D eigenvalue weighted by atomic mass is 19.1. The Balaban J connectivity index is 1.48. The highest BCUT2D eigenvalue weighted by Gasteiger charge is 2.27. The minimum Gasteiger partial charge on any atom is -0.460 e. The van der Waals surface area contributed by atoms with Gasteiger partial charge in [0.05, 0.1) is 0 Å². The Morgan fingerprint density at radius 3 is 2.06 bits per heavy atom. The third-order valence-electron chi connectivity index (χ3n) is 6.76. The molecule has 174 valence electrons. The van der Waals surface area contributed by atoms with Crippen LogP contribution in [0.15, 0.2) is 48.5 Å². The zero-order valence-corrected chi connectivity index (χ0v) is 19.8. The molecule has 0 radical (unpaired) electrons. The number of unbranched alkanes of at least 4 members (excludes halogenated alkanes) is 3. The van der Waals surface area contributed by atoms with Crippen molar-refractivity contribution < 1.29 is 13.9 Å². The average molecular weight is 439 g/mol. The second-order valence-electron chi connectivity index (χ2n) is 9.30. The van der Waals surface area contributed by atoms with Gasteiger partial charge in [0.2, 0.25) is 0 Å². The van der Waals surface area contributed by atoms with Crippen LogP contribution in [0, 0.1) is 0 Å². The van der Waals surface area contributed by atoms with E-state index in [0.717, 1.165) is 44.9 Å². The molecule has 0 heterocycles. The van der Waals surface area contributed by atoms with Gasteiger partial charge < -0.3 is 4.74 Å². The van der Waals surface area contributed by atoms with Gasteiger partial charge in [-0.05, 0) is 73.1 Å². The SMILES string of the molecule is CCCCCc1ccc(-c2ccc([C@H]3CC[C@H](OC(=O)[C@@H](F)CCCC)CC3)cc2)cc1. The number of carbonyl (C=O) groups excluding carboxylic acids is 1. The molecule has 0 aromatic heterocycles. The van der Waals surface area contributed by atoms with Crippen LogP contribution in [0.3, 0.4) is 0 Å². The van der Waals surface area contributed by atoms with Gasteiger partial charge in [-0.25, -0.2) is 9.18 Å². The molecular formula is C29H39FO2. The van der Waals surface area contributed by atoms with Gasteiger partial charge in [-0.3, -0.25) is 0 Å². The Hall–Kier alpha value is -2.16. The molecule has 0 amide bonds. The van der Waals surface area contributed by atoms with Gasteiger partial charge in [-0.1, -0.05) is 88.1 Å². The maximum Gasteiger partial charge on any atom is 0.340 e. The van der Waals surface area contributed by atoms with E-state index in [1.54, 1.807) is 0 Å². The summed E-state index contributed by atoms with van der Waals surface area (Å²) in [5, 5.41) is 0. The summed E-state index contributed by atoms with van der Waals surface area (Å²) in [6.45, 7) is 4.24. The fourth-order valence-electron chi connectivity index (χ4n) is 4.64. The van der Waals surface area contributed by atoms with E-state index in [9.17, 15) is 9.18 Å². The predicted octanol–water partition coefficient (Wildman–Crippen LogP) is 8.18. The first-order valence-electron chi connectivity index (χ1n) is 12.6. The standard InChI is InChI=1S/C29H39FO2/c1-3-5-7-8-22-10-12-23(13-11-22)24-14-16-25(17-15-24)26-18-20-27(21-19-26)32-29(31)28(30)9-6-4-2/h10-17,26-28H,3-9,18-21H2,1-2H3/t26-,27-,28-/m0/s1. The fourth-order valence-corrected chi connectivity index (χ4v) is 4.64. The largest absolute Gasteiger partial charge is 0.460 e. The second-order valence-corrected chi connectivity index (χ2v) is 9.30. The minimum atomic E-state index is -1.47. The van der Waals surface area contributed by atoms with Crippen molar-refractivity contribution in [3.8, 4) is 11.1 Å². The first-order valence-corrected chi connectivity index (χ1v) is 12.6. The summed E-state index contributed by atoms with van der Waals surface area (Å²) in [6.07, 6.45) is 8.87. The molecule has 1 aliphatic rings. The number of esters is 1. The molecule has 2 nitrogen and oxygen atoms in total. The Kier molecular flexibility index (Phi) is 9.77. The fraction of sp³-hybridized carbons (Fsp3) is 0.552. The lowest BCUT2D eigenvalue weighted by Gasteiger charge is -2.29. The second kappa shape index (κ2) is 12.8. The van der Waals surface area contributed by atoms with Crippen LogP contribution in [-0.2, 0) is 16.0 Å². The number of hydrogen-bond donors (Lipinski definition) is 0. The molecule has 0 saturated heterocycles. The molecule has 0 N–H and O–H groups in total. The van der Waals surface area contributed by atoms with Crippen molar-refractivity contribution in [2.75, 3.05) is 0 Å². The van der Waals surface area contributed by atoms with Gasteiger partial charge in [-0.15, -0.1) is 0 Å². The lowest BCUT2D eigenvalue weighted by atomic mass is 9.82. The van der Waals surface area contributed by atoms with E-state index in [2.05, 4.69) is 55.5 Å². The van der Waals surface area contributed by atoms with Gasteiger partial charge in [0.15, 0.2) is 6.17 Å². The molecule has 0 aliphatic heterocycles. The predicted molar refractivity (Wildman–Crippen MR) is 131 cm³/mol. The summed E-state index contributed by atoms with van der Waals surface area (Å²) < 4.78 is 19.3. The van der Waals surface area contributed by atoms with Crippen molar-refractivity contribution >= 4 is 5.97 Å². The molecule has 1 fully saturated rings. The summed E-state index contributed by atoms with van der Waals surface area (Å²) >= 11 is 0. The normalized spacial score (nSPS) is 19.5. The first-order chi connectivity index (χ1) is 15.6. The van der Waals surface area contributed by atoms with E-state index in [-0.39, 0.29) is 12.5 Å².